The van der Waals surface area contributed by atoms with E-state index in [1.165, 1.54) is 42.8 Å². The van der Waals surface area contributed by atoms with E-state index in [-0.39, 0.29) is 36.6 Å². The number of nitrogens with zero attached hydrogens (tertiary/aromatic N) is 3. The normalized spacial score (nSPS) is 22.5. The van der Waals surface area contributed by atoms with E-state index in [1.54, 1.807) is 13.0 Å². The third kappa shape index (κ3) is 6.20. The number of aliphatic hydroxyl groups excluding tert-OH is 1. The Bertz CT molecular complexity index is 1310. The summed E-state index contributed by atoms with van der Waals surface area (Å²) in [7, 11) is 1.30. The van der Waals surface area contributed by atoms with Crippen molar-refractivity contribution in [2.24, 2.45) is 11.8 Å². The number of aliphatic hydroxyl groups is 1. The van der Waals surface area contributed by atoms with E-state index in [0.29, 0.717) is 36.2 Å². The van der Waals surface area contributed by atoms with Crippen molar-refractivity contribution < 1.29 is 45.4 Å². The lowest BCUT2D eigenvalue weighted by Gasteiger charge is -2.45. The van der Waals surface area contributed by atoms with Crippen LogP contribution in [0.15, 0.2) is 36.4 Å². The molecular weight excluding hydrogens is 571 g/mol. The van der Waals surface area contributed by atoms with E-state index in [0.717, 1.165) is 4.90 Å². The predicted octanol–water partition coefficient (Wildman–Crippen LogP) is 6.19. The van der Waals surface area contributed by atoms with Gasteiger partial charge in [0.25, 0.3) is 5.91 Å². The molecule has 2 saturated heterocycles. The van der Waals surface area contributed by atoms with Gasteiger partial charge in [-0.1, -0.05) is 6.07 Å². The number of urea groups is 1. The van der Waals surface area contributed by atoms with Crippen LogP contribution in [0.1, 0.15) is 60.2 Å². The molecule has 4 rings (SSSR count). The Hall–Kier alpha value is -3.35. The summed E-state index contributed by atoms with van der Waals surface area (Å²) in [6.07, 6.45) is -10.8. The van der Waals surface area contributed by atoms with Crippen molar-refractivity contribution in [3.05, 3.63) is 70.0 Å². The van der Waals surface area contributed by atoms with Crippen LogP contribution in [0.5, 0.6) is 0 Å². The zero-order valence-corrected chi connectivity index (χ0v) is 23.4. The quantitative estimate of drug-likeness (QED) is 0.425. The minimum atomic E-state index is -5.04. The standard InChI is InChI=1S/C29H32F7N3O3/c1-15-9-22(30)5-6-23(15)25-24-14-38(26(41)17(3)40)13-18(24)7-8-39(25)27(42)37(4)16(2)19-10-20(28(31,32)33)12-21(11-19)29(34,35)36/h5-6,9-12,16-18,24-25,40H,7-8,13-14H2,1-4H3/t16?,17?,18?,24-,25?/m1/s1. The third-order valence-electron chi connectivity index (χ3n) is 8.41. The Morgan fingerprint density at radius 3 is 2.10 bits per heavy atom. The number of piperidine rings is 1. The summed E-state index contributed by atoms with van der Waals surface area (Å²) in [5, 5.41) is 9.85. The van der Waals surface area contributed by atoms with Crippen LogP contribution in [0.25, 0.3) is 0 Å². The summed E-state index contributed by atoms with van der Waals surface area (Å²) in [6, 6.07) is 2.87. The van der Waals surface area contributed by atoms with E-state index < -0.39 is 59.4 Å². The van der Waals surface area contributed by atoms with Crippen LogP contribution < -0.4 is 0 Å². The lowest BCUT2D eigenvalue weighted by molar-refractivity contribution is -0.143. The van der Waals surface area contributed by atoms with E-state index in [2.05, 4.69) is 0 Å². The van der Waals surface area contributed by atoms with Gasteiger partial charge in [-0.3, -0.25) is 4.79 Å². The van der Waals surface area contributed by atoms with Gasteiger partial charge in [-0.15, -0.1) is 0 Å². The zero-order valence-electron chi connectivity index (χ0n) is 23.4. The van der Waals surface area contributed by atoms with Gasteiger partial charge in [0, 0.05) is 32.6 Å². The van der Waals surface area contributed by atoms with E-state index in [1.807, 2.05) is 0 Å². The number of carbonyl (C=O) groups is 2. The van der Waals surface area contributed by atoms with Crippen molar-refractivity contribution >= 4 is 11.9 Å². The third-order valence-corrected chi connectivity index (χ3v) is 8.41. The second-order valence-corrected chi connectivity index (χ2v) is 11.2. The van der Waals surface area contributed by atoms with Gasteiger partial charge in [-0.25, -0.2) is 9.18 Å². The van der Waals surface area contributed by atoms with Crippen LogP contribution in [-0.4, -0.2) is 64.5 Å². The van der Waals surface area contributed by atoms with Crippen molar-refractivity contribution in [1.29, 1.82) is 0 Å². The Kier molecular flexibility index (Phi) is 8.56. The van der Waals surface area contributed by atoms with Gasteiger partial charge in [0.1, 0.15) is 11.9 Å². The van der Waals surface area contributed by atoms with Crippen LogP contribution >= 0.6 is 0 Å². The molecule has 6 nitrogen and oxygen atoms in total. The molecule has 0 saturated carbocycles. The van der Waals surface area contributed by atoms with Gasteiger partial charge >= 0.3 is 18.4 Å². The first kappa shape index (κ1) is 31.6. The second kappa shape index (κ2) is 11.4. The molecule has 0 radical (unpaired) electrons. The molecule has 2 aliphatic rings. The van der Waals surface area contributed by atoms with Crippen LogP contribution in [0, 0.1) is 24.6 Å². The fraction of sp³-hybridized carbons (Fsp3) is 0.517. The number of rotatable bonds is 4. The Morgan fingerprint density at radius 1 is 0.976 bits per heavy atom. The fourth-order valence-corrected chi connectivity index (χ4v) is 6.08. The number of fused-ring (bicyclic) bond motifs is 1. The molecule has 13 heteroatoms. The minimum absolute atomic E-state index is 0.0382. The number of benzene rings is 2. The van der Waals surface area contributed by atoms with Crippen molar-refractivity contribution in [2.45, 2.75) is 57.7 Å². The molecule has 5 atom stereocenters. The Balaban J connectivity index is 1.71. The fourth-order valence-electron chi connectivity index (χ4n) is 6.08. The predicted molar refractivity (Wildman–Crippen MR) is 138 cm³/mol. The molecule has 2 aliphatic heterocycles. The highest BCUT2D eigenvalue weighted by Crippen LogP contribution is 2.46. The average Bonchev–Trinajstić information content (AvgIpc) is 3.34. The lowest BCUT2D eigenvalue weighted by atomic mass is 9.78. The highest BCUT2D eigenvalue weighted by Gasteiger charge is 2.48. The van der Waals surface area contributed by atoms with Crippen LogP contribution in [0.2, 0.25) is 0 Å². The van der Waals surface area contributed by atoms with Gasteiger partial charge in [0.2, 0.25) is 0 Å². The number of carbonyl (C=O) groups excluding carboxylic acids is 2. The molecule has 2 fully saturated rings. The first-order valence-electron chi connectivity index (χ1n) is 13.5. The zero-order chi connectivity index (χ0) is 31.3. The average molecular weight is 604 g/mol. The maximum atomic E-state index is 14.0. The number of amides is 3. The first-order valence-corrected chi connectivity index (χ1v) is 13.5. The summed E-state index contributed by atoms with van der Waals surface area (Å²) >= 11 is 0. The summed E-state index contributed by atoms with van der Waals surface area (Å²) in [5.74, 6) is -1.31. The van der Waals surface area contributed by atoms with Gasteiger partial charge in [-0.05, 0) is 80.1 Å². The molecule has 42 heavy (non-hydrogen) atoms. The van der Waals surface area contributed by atoms with Gasteiger partial charge < -0.3 is 19.8 Å². The highest BCUT2D eigenvalue weighted by atomic mass is 19.4. The molecule has 4 unspecified atom stereocenters. The van der Waals surface area contributed by atoms with E-state index >= 15 is 0 Å². The largest absolute Gasteiger partial charge is 0.416 e. The number of likely N-dealkylation sites (tertiary alicyclic amines) is 2. The molecule has 2 aromatic rings. The summed E-state index contributed by atoms with van der Waals surface area (Å²) in [4.78, 5) is 30.7. The smallest absolute Gasteiger partial charge is 0.384 e. The number of hydrogen-bond acceptors (Lipinski definition) is 3. The monoisotopic (exact) mass is 603 g/mol. The summed E-state index contributed by atoms with van der Waals surface area (Å²) in [5.41, 5.74) is -2.14. The molecule has 0 aliphatic carbocycles. The topological polar surface area (TPSA) is 64.1 Å². The minimum Gasteiger partial charge on any atom is -0.384 e. The SMILES string of the molecule is Cc1cc(F)ccc1C1[C@@H]2CN(C(=O)C(C)O)CC2CCN1C(=O)N(C)C(C)c1cc(C(F)(F)F)cc(C(F)(F)F)c1. The van der Waals surface area contributed by atoms with Crippen molar-refractivity contribution in [1.82, 2.24) is 14.7 Å². The molecule has 0 aromatic heterocycles. The molecule has 2 heterocycles. The Labute approximate surface area is 238 Å². The Morgan fingerprint density at radius 2 is 1.57 bits per heavy atom. The number of alkyl halides is 6. The van der Waals surface area contributed by atoms with Crippen LogP contribution in [0.4, 0.5) is 35.5 Å². The molecule has 230 valence electrons. The number of halogens is 7. The van der Waals surface area contributed by atoms with Gasteiger partial charge in [0.15, 0.2) is 0 Å². The van der Waals surface area contributed by atoms with Crippen molar-refractivity contribution in [3.8, 4) is 0 Å². The summed E-state index contributed by atoms with van der Waals surface area (Å²) in [6.45, 7) is 5.12. The van der Waals surface area contributed by atoms with Crippen molar-refractivity contribution in [2.75, 3.05) is 26.7 Å². The summed E-state index contributed by atoms with van der Waals surface area (Å²) < 4.78 is 95.0. The number of aryl methyl sites for hydroxylation is 1. The molecule has 1 N–H and O–H groups in total. The van der Waals surface area contributed by atoms with Crippen LogP contribution in [-0.2, 0) is 17.1 Å². The molecule has 2 aromatic carbocycles. The maximum absolute atomic E-state index is 14.0. The maximum Gasteiger partial charge on any atom is 0.416 e. The second-order valence-electron chi connectivity index (χ2n) is 11.2. The lowest BCUT2D eigenvalue weighted by Crippen LogP contribution is -2.51. The molecule has 0 bridgehead atoms. The van der Waals surface area contributed by atoms with Gasteiger partial charge in [0.05, 0.1) is 23.2 Å². The number of hydrogen-bond donors (Lipinski definition) is 1. The molecule has 0 spiro atoms. The van der Waals surface area contributed by atoms with Crippen LogP contribution in [0.3, 0.4) is 0 Å². The first-order chi connectivity index (χ1) is 19.4. The molecule has 3 amide bonds. The van der Waals surface area contributed by atoms with E-state index in [4.69, 9.17) is 0 Å². The van der Waals surface area contributed by atoms with E-state index in [9.17, 15) is 45.4 Å². The highest BCUT2D eigenvalue weighted by molar-refractivity contribution is 5.80. The molecular formula is C29H32F7N3O3. The van der Waals surface area contributed by atoms with Crippen molar-refractivity contribution in [3.63, 3.8) is 0 Å². The van der Waals surface area contributed by atoms with Gasteiger partial charge in [-0.2, -0.15) is 26.3 Å².